The Labute approximate surface area is 213 Å². The number of dihydropyridines is 1. The van der Waals surface area contributed by atoms with Crippen molar-refractivity contribution in [1.82, 2.24) is 5.32 Å². The molecule has 0 spiro atoms. The molecule has 7 nitrogen and oxygen atoms in total. The number of allylic oxidation sites excluding steroid dienone is 3. The standard InChI is InChI=1S/C29H37NO6/c1-5-6-15-35-22-14-10-9-13-20(22)25-24(29(33)36-19-11-7-8-12-19)18(3)30-21-16-17(2)23(28(32)34-4)27(31)26(21)25/h9-10,13-14,17,19,23,25,30H,5-8,11-12,15-16H2,1-4H3/t17-,23-,25-/m1/s1. The van der Waals surface area contributed by atoms with Crippen LogP contribution in [-0.2, 0) is 23.9 Å². The number of unbranched alkanes of at least 4 members (excludes halogenated alkanes) is 1. The number of methoxy groups -OCH3 is 1. The molecule has 0 bridgehead atoms. The van der Waals surface area contributed by atoms with Gasteiger partial charge in [0.1, 0.15) is 17.8 Å². The first-order valence-corrected chi connectivity index (χ1v) is 13.1. The van der Waals surface area contributed by atoms with Gasteiger partial charge in [0.2, 0.25) is 0 Å². The molecule has 2 aliphatic carbocycles. The molecule has 0 saturated heterocycles. The van der Waals surface area contributed by atoms with Crippen LogP contribution in [0.1, 0.15) is 77.2 Å². The lowest BCUT2D eigenvalue weighted by atomic mass is 9.69. The van der Waals surface area contributed by atoms with E-state index in [2.05, 4.69) is 12.2 Å². The maximum absolute atomic E-state index is 13.9. The van der Waals surface area contributed by atoms with Gasteiger partial charge in [-0.2, -0.15) is 0 Å². The van der Waals surface area contributed by atoms with E-state index in [1.165, 1.54) is 7.11 Å². The third-order valence-corrected chi connectivity index (χ3v) is 7.52. The van der Waals surface area contributed by atoms with Gasteiger partial charge in [-0.1, -0.05) is 38.5 Å². The van der Waals surface area contributed by atoms with Crippen molar-refractivity contribution in [2.75, 3.05) is 13.7 Å². The first-order valence-electron chi connectivity index (χ1n) is 13.1. The molecule has 0 amide bonds. The minimum Gasteiger partial charge on any atom is -0.493 e. The molecule has 0 unspecified atom stereocenters. The molecule has 1 saturated carbocycles. The van der Waals surface area contributed by atoms with Crippen LogP contribution in [0.5, 0.6) is 5.75 Å². The summed E-state index contributed by atoms with van der Waals surface area (Å²) >= 11 is 0. The monoisotopic (exact) mass is 495 g/mol. The van der Waals surface area contributed by atoms with Crippen molar-refractivity contribution in [2.45, 2.75) is 77.7 Å². The van der Waals surface area contributed by atoms with Crippen LogP contribution >= 0.6 is 0 Å². The second-order valence-electron chi connectivity index (χ2n) is 10.1. The molecule has 0 radical (unpaired) electrons. The highest BCUT2D eigenvalue weighted by atomic mass is 16.5. The van der Waals surface area contributed by atoms with Crippen molar-refractivity contribution in [3.63, 3.8) is 0 Å². The lowest BCUT2D eigenvalue weighted by Crippen LogP contribution is -2.43. The summed E-state index contributed by atoms with van der Waals surface area (Å²) in [5, 5.41) is 3.33. The van der Waals surface area contributed by atoms with Crippen LogP contribution < -0.4 is 10.1 Å². The minimum absolute atomic E-state index is 0.116. The van der Waals surface area contributed by atoms with E-state index in [0.717, 1.165) is 49.8 Å². The summed E-state index contributed by atoms with van der Waals surface area (Å²) in [5.41, 5.74) is 2.97. The summed E-state index contributed by atoms with van der Waals surface area (Å²) in [5.74, 6) is -2.50. The SMILES string of the molecule is CCCCOc1ccccc1[C@@H]1C(C(=O)OC2CCCC2)=C(C)NC2=C1C(=O)[C@H](C(=O)OC)[C@H](C)C2. The lowest BCUT2D eigenvalue weighted by molar-refractivity contribution is -0.151. The topological polar surface area (TPSA) is 90.9 Å². The van der Waals surface area contributed by atoms with Crippen LogP contribution in [-0.4, -0.2) is 37.5 Å². The molecule has 1 aromatic rings. The Balaban J connectivity index is 1.82. The molecule has 4 rings (SSSR count). The van der Waals surface area contributed by atoms with Crippen LogP contribution in [0, 0.1) is 11.8 Å². The first-order chi connectivity index (χ1) is 17.4. The summed E-state index contributed by atoms with van der Waals surface area (Å²) in [6.07, 6.45) is 6.04. The Morgan fingerprint density at radius 2 is 1.86 bits per heavy atom. The van der Waals surface area contributed by atoms with E-state index in [-0.39, 0.29) is 17.8 Å². The normalized spacial score (nSPS) is 24.3. The molecule has 36 heavy (non-hydrogen) atoms. The zero-order valence-corrected chi connectivity index (χ0v) is 21.7. The molecular formula is C29H37NO6. The number of hydrogen-bond donors (Lipinski definition) is 1. The van der Waals surface area contributed by atoms with Gasteiger partial charge in [-0.15, -0.1) is 0 Å². The second kappa shape index (κ2) is 11.3. The van der Waals surface area contributed by atoms with Crippen LogP contribution in [0.4, 0.5) is 0 Å². The van der Waals surface area contributed by atoms with E-state index < -0.39 is 23.8 Å². The Hall–Kier alpha value is -3.09. The fourth-order valence-electron chi connectivity index (χ4n) is 5.66. The Morgan fingerprint density at radius 3 is 2.56 bits per heavy atom. The maximum atomic E-state index is 13.9. The number of esters is 2. The van der Waals surface area contributed by atoms with Crippen LogP contribution in [0.25, 0.3) is 0 Å². The summed E-state index contributed by atoms with van der Waals surface area (Å²) in [4.78, 5) is 40.2. The summed E-state index contributed by atoms with van der Waals surface area (Å²) in [6.45, 7) is 6.36. The molecule has 3 aliphatic rings. The number of rotatable bonds is 8. The maximum Gasteiger partial charge on any atom is 0.337 e. The van der Waals surface area contributed by atoms with E-state index in [9.17, 15) is 14.4 Å². The first kappa shape index (κ1) is 26.0. The average molecular weight is 496 g/mol. The highest BCUT2D eigenvalue weighted by Gasteiger charge is 2.48. The van der Waals surface area contributed by atoms with E-state index >= 15 is 0 Å². The molecule has 3 atom stereocenters. The molecule has 1 fully saturated rings. The van der Waals surface area contributed by atoms with Gasteiger partial charge in [0, 0.05) is 22.5 Å². The van der Waals surface area contributed by atoms with Gasteiger partial charge < -0.3 is 19.5 Å². The number of carbonyl (C=O) groups is 3. The largest absolute Gasteiger partial charge is 0.493 e. The predicted molar refractivity (Wildman–Crippen MR) is 135 cm³/mol. The smallest absolute Gasteiger partial charge is 0.337 e. The number of carbonyl (C=O) groups excluding carboxylic acids is 3. The molecule has 194 valence electrons. The molecular weight excluding hydrogens is 458 g/mol. The molecule has 0 aromatic heterocycles. The average Bonchev–Trinajstić information content (AvgIpc) is 3.36. The molecule has 1 N–H and O–H groups in total. The quantitative estimate of drug-likeness (QED) is 0.309. The molecule has 1 heterocycles. The number of Topliss-reactive ketones (excluding diaryl/α,β-unsaturated/α-hetero) is 1. The number of hydrogen-bond acceptors (Lipinski definition) is 7. The highest BCUT2D eigenvalue weighted by molar-refractivity contribution is 6.12. The molecule has 1 aliphatic heterocycles. The number of ketones is 1. The molecule has 1 aromatic carbocycles. The fourth-order valence-corrected chi connectivity index (χ4v) is 5.66. The van der Waals surface area contributed by atoms with Crippen molar-refractivity contribution in [3.05, 3.63) is 52.4 Å². The third kappa shape index (κ3) is 5.06. The van der Waals surface area contributed by atoms with Crippen LogP contribution in [0.15, 0.2) is 46.8 Å². The van der Waals surface area contributed by atoms with E-state index in [0.29, 0.717) is 35.6 Å². The van der Waals surface area contributed by atoms with Gasteiger partial charge in [0.25, 0.3) is 0 Å². The zero-order chi connectivity index (χ0) is 25.8. The summed E-state index contributed by atoms with van der Waals surface area (Å²) < 4.78 is 17.1. The van der Waals surface area contributed by atoms with Gasteiger partial charge in [-0.3, -0.25) is 9.59 Å². The predicted octanol–water partition coefficient (Wildman–Crippen LogP) is 4.96. The highest BCUT2D eigenvalue weighted by Crippen LogP contribution is 2.47. The van der Waals surface area contributed by atoms with Crippen molar-refractivity contribution in [2.24, 2.45) is 11.8 Å². The van der Waals surface area contributed by atoms with Crippen molar-refractivity contribution < 1.29 is 28.6 Å². The number of nitrogens with one attached hydrogen (secondary N) is 1. The summed E-state index contributed by atoms with van der Waals surface area (Å²) in [6, 6.07) is 7.54. The van der Waals surface area contributed by atoms with E-state index in [4.69, 9.17) is 14.2 Å². The fraction of sp³-hybridized carbons (Fsp3) is 0.552. The van der Waals surface area contributed by atoms with Gasteiger partial charge in [0.15, 0.2) is 5.78 Å². The minimum atomic E-state index is -0.920. The van der Waals surface area contributed by atoms with Gasteiger partial charge >= 0.3 is 11.9 Å². The Bertz CT molecular complexity index is 1080. The summed E-state index contributed by atoms with van der Waals surface area (Å²) in [7, 11) is 1.30. The Kier molecular flexibility index (Phi) is 8.17. The van der Waals surface area contributed by atoms with Gasteiger partial charge in [-0.25, -0.2) is 4.79 Å². The molecule has 7 heteroatoms. The van der Waals surface area contributed by atoms with Gasteiger partial charge in [0.05, 0.1) is 25.2 Å². The number of para-hydroxylation sites is 1. The van der Waals surface area contributed by atoms with Crippen LogP contribution in [0.3, 0.4) is 0 Å². The van der Waals surface area contributed by atoms with Crippen molar-refractivity contribution in [3.8, 4) is 5.75 Å². The van der Waals surface area contributed by atoms with E-state index in [1.807, 2.05) is 38.1 Å². The zero-order valence-electron chi connectivity index (χ0n) is 21.7. The second-order valence-corrected chi connectivity index (χ2v) is 10.1. The van der Waals surface area contributed by atoms with Crippen molar-refractivity contribution >= 4 is 17.7 Å². The Morgan fingerprint density at radius 1 is 1.14 bits per heavy atom. The van der Waals surface area contributed by atoms with Crippen molar-refractivity contribution in [1.29, 1.82) is 0 Å². The number of ether oxygens (including phenoxy) is 3. The van der Waals surface area contributed by atoms with Gasteiger partial charge in [-0.05, 0) is 57.4 Å². The lowest BCUT2D eigenvalue weighted by Gasteiger charge is -2.38. The van der Waals surface area contributed by atoms with E-state index in [1.54, 1.807) is 0 Å². The van der Waals surface area contributed by atoms with Crippen LogP contribution in [0.2, 0.25) is 0 Å². The third-order valence-electron chi connectivity index (χ3n) is 7.52. The number of benzene rings is 1.